The van der Waals surface area contributed by atoms with E-state index in [9.17, 15) is 18.0 Å². The number of benzene rings is 1. The van der Waals surface area contributed by atoms with E-state index in [1.165, 1.54) is 4.90 Å². The van der Waals surface area contributed by atoms with Crippen LogP contribution in [-0.2, 0) is 4.79 Å². The highest BCUT2D eigenvalue weighted by Gasteiger charge is 2.51. The monoisotopic (exact) mass is 314 g/mol. The van der Waals surface area contributed by atoms with E-state index in [0.717, 1.165) is 0 Å². The predicted octanol–water partition coefficient (Wildman–Crippen LogP) is 3.36. The van der Waals surface area contributed by atoms with E-state index in [1.54, 1.807) is 51.1 Å². The summed E-state index contributed by atoms with van der Waals surface area (Å²) in [6.07, 6.45) is -4.26. The molecular weight excluding hydrogens is 293 g/mol. The quantitative estimate of drug-likeness (QED) is 0.928. The molecule has 1 aromatic carbocycles. The third kappa shape index (κ3) is 3.80. The highest BCUT2D eigenvalue weighted by atomic mass is 19.4. The molecule has 22 heavy (non-hydrogen) atoms. The van der Waals surface area contributed by atoms with Crippen LogP contribution < -0.4 is 10.2 Å². The molecule has 1 aromatic rings. The van der Waals surface area contributed by atoms with Crippen LogP contribution in [0.25, 0.3) is 0 Å². The average Bonchev–Trinajstić information content (AvgIpc) is 2.76. The second-order valence-electron chi connectivity index (χ2n) is 6.63. The van der Waals surface area contributed by atoms with E-state index in [1.807, 2.05) is 0 Å². The minimum Gasteiger partial charge on any atom is -0.312 e. The first-order valence-corrected chi connectivity index (χ1v) is 7.30. The highest BCUT2D eigenvalue weighted by molar-refractivity contribution is 5.97. The first-order valence-electron chi connectivity index (χ1n) is 7.30. The van der Waals surface area contributed by atoms with Crippen LogP contribution in [0.3, 0.4) is 0 Å². The summed E-state index contributed by atoms with van der Waals surface area (Å²) in [5, 5.41) is 2.57. The molecule has 1 aliphatic rings. The third-order valence-electron chi connectivity index (χ3n) is 3.66. The van der Waals surface area contributed by atoms with Crippen LogP contribution in [0.15, 0.2) is 30.3 Å². The van der Waals surface area contributed by atoms with Crippen LogP contribution in [0.5, 0.6) is 0 Å². The van der Waals surface area contributed by atoms with Crippen molar-refractivity contribution < 1.29 is 18.0 Å². The van der Waals surface area contributed by atoms with Gasteiger partial charge in [-0.25, -0.2) is 0 Å². The first kappa shape index (κ1) is 16.8. The second-order valence-corrected chi connectivity index (χ2v) is 6.63. The van der Waals surface area contributed by atoms with E-state index < -0.39 is 29.6 Å². The van der Waals surface area contributed by atoms with Gasteiger partial charge in [-0.2, -0.15) is 13.2 Å². The molecule has 1 heterocycles. The maximum absolute atomic E-state index is 13.4. The number of para-hydroxylation sites is 1. The van der Waals surface area contributed by atoms with E-state index in [0.29, 0.717) is 12.2 Å². The molecule has 0 aromatic heterocycles. The van der Waals surface area contributed by atoms with Crippen molar-refractivity contribution in [2.45, 2.75) is 44.9 Å². The maximum atomic E-state index is 13.4. The van der Waals surface area contributed by atoms with Crippen molar-refractivity contribution in [1.29, 1.82) is 0 Å². The van der Waals surface area contributed by atoms with Gasteiger partial charge in [0.25, 0.3) is 0 Å². The molecule has 1 amide bonds. The zero-order valence-corrected chi connectivity index (χ0v) is 12.9. The number of nitrogens with one attached hydrogen (secondary N) is 1. The summed E-state index contributed by atoms with van der Waals surface area (Å²) >= 11 is 0. The van der Waals surface area contributed by atoms with E-state index in [4.69, 9.17) is 0 Å². The highest BCUT2D eigenvalue weighted by Crippen LogP contribution is 2.35. The number of hydrogen-bond donors (Lipinski definition) is 1. The summed E-state index contributed by atoms with van der Waals surface area (Å²) in [5.41, 5.74) is -0.0765. The third-order valence-corrected chi connectivity index (χ3v) is 3.66. The van der Waals surface area contributed by atoms with E-state index in [2.05, 4.69) is 5.32 Å². The summed E-state index contributed by atoms with van der Waals surface area (Å²) in [6.45, 7) is 5.31. The lowest BCUT2D eigenvalue weighted by Gasteiger charge is -2.33. The molecule has 2 rings (SSSR count). The van der Waals surface area contributed by atoms with Gasteiger partial charge < -0.3 is 10.2 Å². The van der Waals surface area contributed by atoms with Gasteiger partial charge in [0.1, 0.15) is 6.04 Å². The molecule has 6 heteroatoms. The van der Waals surface area contributed by atoms with Gasteiger partial charge in [0.2, 0.25) is 5.91 Å². The Balaban J connectivity index is 2.22. The minimum absolute atomic E-state index is 0.195. The molecular formula is C16H21F3N2O. The smallest absolute Gasteiger partial charge is 0.312 e. The first-order chi connectivity index (χ1) is 10.1. The van der Waals surface area contributed by atoms with Gasteiger partial charge in [-0.05, 0) is 39.3 Å². The number of anilines is 1. The number of hydrogen-bond acceptors (Lipinski definition) is 2. The van der Waals surface area contributed by atoms with Gasteiger partial charge in [-0.15, -0.1) is 0 Å². The molecule has 2 atom stereocenters. The summed E-state index contributed by atoms with van der Waals surface area (Å²) < 4.78 is 40.1. The van der Waals surface area contributed by atoms with Crippen molar-refractivity contribution in [3.05, 3.63) is 30.3 Å². The predicted molar refractivity (Wildman–Crippen MR) is 79.6 cm³/mol. The van der Waals surface area contributed by atoms with Crippen LogP contribution in [0.1, 0.15) is 27.2 Å². The molecule has 3 nitrogen and oxygen atoms in total. The van der Waals surface area contributed by atoms with Gasteiger partial charge >= 0.3 is 6.18 Å². The van der Waals surface area contributed by atoms with Crippen molar-refractivity contribution in [2.75, 3.05) is 11.4 Å². The summed E-state index contributed by atoms with van der Waals surface area (Å²) in [5.74, 6) is -1.55. The number of halogens is 3. The molecule has 0 radical (unpaired) electrons. The fourth-order valence-electron chi connectivity index (χ4n) is 2.75. The second kappa shape index (κ2) is 5.91. The van der Waals surface area contributed by atoms with E-state index in [-0.39, 0.29) is 6.42 Å². The lowest BCUT2D eigenvalue weighted by Crippen LogP contribution is -2.56. The summed E-state index contributed by atoms with van der Waals surface area (Å²) in [4.78, 5) is 13.9. The van der Waals surface area contributed by atoms with Crippen LogP contribution in [-0.4, -0.2) is 30.2 Å². The molecule has 1 saturated heterocycles. The average molecular weight is 314 g/mol. The lowest BCUT2D eigenvalue weighted by atomic mass is 9.94. The van der Waals surface area contributed by atoms with Crippen LogP contribution in [0.2, 0.25) is 0 Å². The molecule has 1 N–H and O–H groups in total. The summed E-state index contributed by atoms with van der Waals surface area (Å²) in [6, 6.07) is 6.99. The van der Waals surface area contributed by atoms with Crippen LogP contribution >= 0.6 is 0 Å². The Labute approximate surface area is 128 Å². The Kier molecular flexibility index (Phi) is 4.52. The van der Waals surface area contributed by atoms with Crippen molar-refractivity contribution in [3.63, 3.8) is 0 Å². The van der Waals surface area contributed by atoms with Crippen molar-refractivity contribution in [2.24, 2.45) is 5.92 Å². The van der Waals surface area contributed by atoms with Crippen LogP contribution in [0, 0.1) is 5.92 Å². The van der Waals surface area contributed by atoms with Gasteiger partial charge in [0, 0.05) is 17.8 Å². The molecule has 2 unspecified atom stereocenters. The van der Waals surface area contributed by atoms with Crippen molar-refractivity contribution in [1.82, 2.24) is 5.32 Å². The Hall–Kier alpha value is -1.56. The maximum Gasteiger partial charge on any atom is 0.404 e. The summed E-state index contributed by atoms with van der Waals surface area (Å²) in [7, 11) is 0. The molecule has 0 spiro atoms. The number of carbonyl (C=O) groups excluding carboxylic acids is 1. The fourth-order valence-corrected chi connectivity index (χ4v) is 2.75. The van der Waals surface area contributed by atoms with Gasteiger partial charge in [-0.3, -0.25) is 4.79 Å². The zero-order chi connectivity index (χ0) is 16.5. The number of rotatable bonds is 3. The zero-order valence-electron chi connectivity index (χ0n) is 12.9. The standard InChI is InChI=1S/C16H21F3N2O/c1-15(2,3)20-13(16(17,18)19)12-9-10-21(14(12)22)11-7-5-4-6-8-11/h4-8,12-13,20H,9-10H2,1-3H3. The number of carbonyl (C=O) groups is 1. The fraction of sp³-hybridized carbons (Fsp3) is 0.562. The minimum atomic E-state index is -4.46. The van der Waals surface area contributed by atoms with Crippen molar-refractivity contribution >= 4 is 11.6 Å². The molecule has 1 aliphatic heterocycles. The topological polar surface area (TPSA) is 32.3 Å². The normalized spacial score (nSPS) is 21.3. The molecule has 0 aliphatic carbocycles. The Morgan fingerprint density at radius 1 is 1.18 bits per heavy atom. The van der Waals surface area contributed by atoms with Crippen LogP contribution in [0.4, 0.5) is 18.9 Å². The Morgan fingerprint density at radius 3 is 2.27 bits per heavy atom. The molecule has 0 saturated carbocycles. The van der Waals surface area contributed by atoms with Gasteiger partial charge in [0.05, 0.1) is 5.92 Å². The Morgan fingerprint density at radius 2 is 1.77 bits per heavy atom. The van der Waals surface area contributed by atoms with Crippen molar-refractivity contribution in [3.8, 4) is 0 Å². The van der Waals surface area contributed by atoms with Gasteiger partial charge in [-0.1, -0.05) is 18.2 Å². The number of amides is 1. The number of alkyl halides is 3. The largest absolute Gasteiger partial charge is 0.404 e. The number of nitrogens with zero attached hydrogens (tertiary/aromatic N) is 1. The molecule has 122 valence electrons. The SMILES string of the molecule is CC(C)(C)NC(C1CCN(c2ccccc2)C1=O)C(F)(F)F. The van der Waals surface area contributed by atoms with E-state index >= 15 is 0 Å². The van der Waals surface area contributed by atoms with Gasteiger partial charge in [0.15, 0.2) is 0 Å². The Bertz CT molecular complexity index is 522. The molecule has 0 bridgehead atoms. The lowest BCUT2D eigenvalue weighted by molar-refractivity contribution is -0.174. The molecule has 1 fully saturated rings.